The van der Waals surface area contributed by atoms with Crippen LogP contribution in [-0.2, 0) is 9.59 Å². The van der Waals surface area contributed by atoms with Crippen LogP contribution in [0.3, 0.4) is 0 Å². The van der Waals surface area contributed by atoms with E-state index < -0.39 is 17.9 Å². The van der Waals surface area contributed by atoms with Gasteiger partial charge in [-0.3, -0.25) is 14.9 Å². The molecule has 0 spiro atoms. The predicted octanol–water partition coefficient (Wildman–Crippen LogP) is 2.63. The van der Waals surface area contributed by atoms with Gasteiger partial charge in [-0.05, 0) is 37.1 Å². The van der Waals surface area contributed by atoms with Crippen molar-refractivity contribution in [1.29, 1.82) is 0 Å². The zero-order chi connectivity index (χ0) is 15.0. The second-order valence-corrected chi connectivity index (χ2v) is 4.55. The van der Waals surface area contributed by atoms with E-state index in [2.05, 4.69) is 10.6 Å². The number of aliphatic carboxylic acids is 1. The highest BCUT2D eigenvalue weighted by Crippen LogP contribution is 2.13. The van der Waals surface area contributed by atoms with Gasteiger partial charge in [-0.15, -0.1) is 0 Å². The largest absolute Gasteiger partial charge is 0.481 e. The molecular weight excluding hydrogens is 284 g/mol. The summed E-state index contributed by atoms with van der Waals surface area (Å²) in [6, 6.07) is 5.82. The molecule has 3 amide bonds. The molecule has 0 bridgehead atoms. The Morgan fingerprint density at radius 2 is 1.65 bits per heavy atom. The van der Waals surface area contributed by atoms with E-state index in [-0.39, 0.29) is 12.8 Å². The Kier molecular flexibility index (Phi) is 6.52. The second-order valence-electron chi connectivity index (χ2n) is 4.11. The number of urea groups is 1. The lowest BCUT2D eigenvalue weighted by Gasteiger charge is -2.06. The SMILES string of the molecule is O=C(O)CCCCC(=O)NC(=O)Nc1ccc(Cl)cc1. The molecule has 0 unspecified atom stereocenters. The van der Waals surface area contributed by atoms with Crippen LogP contribution in [0.2, 0.25) is 5.02 Å². The Balaban J connectivity index is 2.26. The molecule has 0 fully saturated rings. The normalized spacial score (nSPS) is 9.85. The van der Waals surface area contributed by atoms with E-state index in [0.29, 0.717) is 23.6 Å². The molecular formula is C13H15ClN2O4. The zero-order valence-electron chi connectivity index (χ0n) is 10.7. The fraction of sp³-hybridized carbons (Fsp3) is 0.308. The van der Waals surface area contributed by atoms with Gasteiger partial charge in [0.15, 0.2) is 0 Å². The summed E-state index contributed by atoms with van der Waals surface area (Å²) in [4.78, 5) is 33.2. The van der Waals surface area contributed by atoms with Crippen LogP contribution in [0.4, 0.5) is 10.5 Å². The van der Waals surface area contributed by atoms with E-state index in [4.69, 9.17) is 16.7 Å². The first-order valence-corrected chi connectivity index (χ1v) is 6.43. The van der Waals surface area contributed by atoms with Crippen molar-refractivity contribution in [3.63, 3.8) is 0 Å². The number of imide groups is 1. The Morgan fingerprint density at radius 1 is 1.05 bits per heavy atom. The van der Waals surface area contributed by atoms with Crippen molar-refractivity contribution in [2.24, 2.45) is 0 Å². The maximum Gasteiger partial charge on any atom is 0.325 e. The van der Waals surface area contributed by atoms with Gasteiger partial charge in [0.05, 0.1) is 0 Å². The number of nitrogens with one attached hydrogen (secondary N) is 2. The first-order chi connectivity index (χ1) is 9.47. The quantitative estimate of drug-likeness (QED) is 0.703. The van der Waals surface area contributed by atoms with Crippen molar-refractivity contribution in [3.05, 3.63) is 29.3 Å². The molecule has 20 heavy (non-hydrogen) atoms. The molecule has 0 radical (unpaired) electrons. The van der Waals surface area contributed by atoms with E-state index in [0.717, 1.165) is 0 Å². The molecule has 3 N–H and O–H groups in total. The zero-order valence-corrected chi connectivity index (χ0v) is 11.4. The van der Waals surface area contributed by atoms with E-state index in [9.17, 15) is 14.4 Å². The smallest absolute Gasteiger partial charge is 0.325 e. The van der Waals surface area contributed by atoms with Crippen LogP contribution in [0.5, 0.6) is 0 Å². The molecule has 1 aromatic rings. The molecule has 0 heterocycles. The summed E-state index contributed by atoms with van der Waals surface area (Å²) in [6.45, 7) is 0. The average Bonchev–Trinajstić information content (AvgIpc) is 2.37. The molecule has 108 valence electrons. The Morgan fingerprint density at radius 3 is 2.25 bits per heavy atom. The van der Waals surface area contributed by atoms with E-state index >= 15 is 0 Å². The van der Waals surface area contributed by atoms with Crippen LogP contribution in [0.15, 0.2) is 24.3 Å². The van der Waals surface area contributed by atoms with Gasteiger partial charge in [-0.25, -0.2) is 4.79 Å². The van der Waals surface area contributed by atoms with E-state index in [1.54, 1.807) is 24.3 Å². The fourth-order valence-corrected chi connectivity index (χ4v) is 1.57. The molecule has 0 atom stereocenters. The van der Waals surface area contributed by atoms with Gasteiger partial charge >= 0.3 is 12.0 Å². The average molecular weight is 299 g/mol. The number of carbonyl (C=O) groups is 3. The predicted molar refractivity (Wildman–Crippen MR) is 74.7 cm³/mol. The first-order valence-electron chi connectivity index (χ1n) is 6.05. The van der Waals surface area contributed by atoms with Crippen LogP contribution < -0.4 is 10.6 Å². The number of carbonyl (C=O) groups excluding carboxylic acids is 2. The molecule has 1 rings (SSSR count). The highest BCUT2D eigenvalue weighted by Gasteiger charge is 2.08. The third-order valence-electron chi connectivity index (χ3n) is 2.40. The second kappa shape index (κ2) is 8.16. The Labute approximate surface area is 121 Å². The number of hydrogen-bond donors (Lipinski definition) is 3. The molecule has 6 nitrogen and oxygen atoms in total. The van der Waals surface area contributed by atoms with Gasteiger partial charge < -0.3 is 10.4 Å². The number of unbranched alkanes of at least 4 members (excludes halogenated alkanes) is 1. The van der Waals surface area contributed by atoms with Crippen molar-refractivity contribution >= 4 is 35.2 Å². The van der Waals surface area contributed by atoms with Gasteiger partial charge in [0.25, 0.3) is 0 Å². The first kappa shape index (κ1) is 16.0. The lowest BCUT2D eigenvalue weighted by Crippen LogP contribution is -2.34. The summed E-state index contributed by atoms with van der Waals surface area (Å²) < 4.78 is 0. The minimum Gasteiger partial charge on any atom is -0.481 e. The number of benzene rings is 1. The molecule has 0 aliphatic carbocycles. The van der Waals surface area contributed by atoms with Crippen LogP contribution >= 0.6 is 11.6 Å². The number of anilines is 1. The maximum atomic E-state index is 11.5. The summed E-state index contributed by atoms with van der Waals surface area (Å²) in [6.07, 6.45) is 0.958. The highest BCUT2D eigenvalue weighted by molar-refractivity contribution is 6.30. The summed E-state index contributed by atoms with van der Waals surface area (Å²) in [5, 5.41) is 13.6. The molecule has 0 saturated heterocycles. The summed E-state index contributed by atoms with van der Waals surface area (Å²) in [5.74, 6) is -1.34. The molecule has 0 aliphatic heterocycles. The van der Waals surface area contributed by atoms with Crippen molar-refractivity contribution < 1.29 is 19.5 Å². The molecule has 0 aromatic heterocycles. The Bertz CT molecular complexity index is 488. The molecule has 1 aromatic carbocycles. The molecule has 0 aliphatic rings. The maximum absolute atomic E-state index is 11.5. The van der Waals surface area contributed by atoms with Gasteiger partial charge in [0.1, 0.15) is 0 Å². The van der Waals surface area contributed by atoms with Gasteiger partial charge in [0.2, 0.25) is 5.91 Å². The highest BCUT2D eigenvalue weighted by atomic mass is 35.5. The topological polar surface area (TPSA) is 95.5 Å². The van der Waals surface area contributed by atoms with Crippen molar-refractivity contribution in [2.75, 3.05) is 5.32 Å². The van der Waals surface area contributed by atoms with Crippen molar-refractivity contribution in [2.45, 2.75) is 25.7 Å². The summed E-state index contributed by atoms with van der Waals surface area (Å²) >= 11 is 5.70. The number of rotatable bonds is 6. The van der Waals surface area contributed by atoms with E-state index in [1.807, 2.05) is 0 Å². The van der Waals surface area contributed by atoms with Gasteiger partial charge in [-0.2, -0.15) is 0 Å². The lowest BCUT2D eigenvalue weighted by atomic mass is 10.2. The van der Waals surface area contributed by atoms with Crippen molar-refractivity contribution in [1.82, 2.24) is 5.32 Å². The molecule has 7 heteroatoms. The number of hydrogen-bond acceptors (Lipinski definition) is 3. The minimum absolute atomic E-state index is 0.0181. The van der Waals surface area contributed by atoms with E-state index in [1.165, 1.54) is 0 Å². The summed E-state index contributed by atoms with van der Waals surface area (Å²) in [5.41, 5.74) is 0.519. The minimum atomic E-state index is -0.897. The van der Waals surface area contributed by atoms with Crippen LogP contribution in [0.1, 0.15) is 25.7 Å². The third-order valence-corrected chi connectivity index (χ3v) is 2.65. The molecule has 0 saturated carbocycles. The summed E-state index contributed by atoms with van der Waals surface area (Å²) in [7, 11) is 0. The monoisotopic (exact) mass is 298 g/mol. The number of carboxylic acid groups (broad SMARTS) is 1. The van der Waals surface area contributed by atoms with Crippen LogP contribution in [-0.4, -0.2) is 23.0 Å². The Hall–Kier alpha value is -2.08. The number of halogens is 1. The van der Waals surface area contributed by atoms with Gasteiger partial charge in [-0.1, -0.05) is 11.6 Å². The number of amides is 3. The lowest BCUT2D eigenvalue weighted by molar-refractivity contribution is -0.137. The fourth-order valence-electron chi connectivity index (χ4n) is 1.45. The number of carboxylic acids is 1. The van der Waals surface area contributed by atoms with Gasteiger partial charge in [0, 0.05) is 23.6 Å². The third kappa shape index (κ3) is 6.75. The van der Waals surface area contributed by atoms with Crippen molar-refractivity contribution in [3.8, 4) is 0 Å². The van der Waals surface area contributed by atoms with Crippen LogP contribution in [0.25, 0.3) is 0 Å². The standard InChI is InChI=1S/C13H15ClN2O4/c14-9-5-7-10(8-6-9)15-13(20)16-11(17)3-1-2-4-12(18)19/h5-8H,1-4H2,(H,18,19)(H2,15,16,17,20). The van der Waals surface area contributed by atoms with Crippen LogP contribution in [0, 0.1) is 0 Å².